The Kier molecular flexibility index (Phi) is 11.2. The van der Waals surface area contributed by atoms with Gasteiger partial charge in [-0.1, -0.05) is 30.3 Å². The van der Waals surface area contributed by atoms with Gasteiger partial charge in [0.1, 0.15) is 18.4 Å². The van der Waals surface area contributed by atoms with E-state index in [1.54, 1.807) is 6.34 Å². The highest BCUT2D eigenvalue weighted by Crippen LogP contribution is 2.43. The number of nitrogens with zero attached hydrogens (tertiary/aromatic N) is 4. The summed E-state index contributed by atoms with van der Waals surface area (Å²) in [7, 11) is -3.81. The number of ether oxygens (including phenoxy) is 2. The maximum Gasteiger partial charge on any atom is 0.302 e. The molecule has 0 saturated carbocycles. The topological polar surface area (TPSA) is 181 Å². The van der Waals surface area contributed by atoms with Crippen molar-refractivity contribution in [2.24, 2.45) is 28.6 Å². The minimum absolute atomic E-state index is 0.0197. The van der Waals surface area contributed by atoms with Gasteiger partial charge in [-0.05, 0) is 56.4 Å². The number of carbonyl (C=O) groups is 4. The summed E-state index contributed by atoms with van der Waals surface area (Å²) in [6.07, 6.45) is 6.56. The van der Waals surface area contributed by atoms with E-state index in [9.17, 15) is 27.6 Å². The van der Waals surface area contributed by atoms with E-state index in [4.69, 9.17) is 15.2 Å². The van der Waals surface area contributed by atoms with E-state index in [-0.39, 0.29) is 49.5 Å². The van der Waals surface area contributed by atoms with E-state index in [2.05, 4.69) is 10.5 Å². The summed E-state index contributed by atoms with van der Waals surface area (Å²) < 4.78 is 38.9. The molecule has 4 aliphatic heterocycles. The molecule has 15 heteroatoms. The lowest BCUT2D eigenvalue weighted by Crippen LogP contribution is -2.56. The third-order valence-corrected chi connectivity index (χ3v) is 11.1. The predicted octanol–water partition coefficient (Wildman–Crippen LogP) is 0.464. The highest BCUT2D eigenvalue weighted by atomic mass is 32.2. The van der Waals surface area contributed by atoms with Crippen molar-refractivity contribution < 1.29 is 37.1 Å². The van der Waals surface area contributed by atoms with Gasteiger partial charge in [0, 0.05) is 39.0 Å². The average Bonchev–Trinajstić information content (AvgIpc) is 3.79. The highest BCUT2D eigenvalue weighted by Gasteiger charge is 2.52. The van der Waals surface area contributed by atoms with Crippen molar-refractivity contribution in [2.75, 3.05) is 39.0 Å². The number of likely N-dealkylation sites (tertiary alicyclic amines) is 2. The summed E-state index contributed by atoms with van der Waals surface area (Å²) in [6.45, 7) is 3.16. The monoisotopic (exact) mass is 674 g/mol. The fraction of sp³-hybridized carbons (Fsp3) is 0.656. The molecule has 4 saturated heterocycles. The van der Waals surface area contributed by atoms with Gasteiger partial charge in [0.15, 0.2) is 0 Å². The number of carbonyl (C=O) groups excluding carboxylic acids is 4. The van der Waals surface area contributed by atoms with Crippen LogP contribution in [0.15, 0.2) is 35.4 Å². The number of esters is 1. The molecule has 4 unspecified atom stereocenters. The number of primary amides is 1. The molecule has 4 aliphatic rings. The minimum atomic E-state index is -3.81. The molecule has 0 aromatic heterocycles. The Morgan fingerprint density at radius 1 is 1.09 bits per heavy atom. The molecule has 258 valence electrons. The van der Waals surface area contributed by atoms with Gasteiger partial charge in [-0.3, -0.25) is 19.2 Å². The molecular weight excluding hydrogens is 628 g/mol. The van der Waals surface area contributed by atoms with Gasteiger partial charge >= 0.3 is 5.97 Å². The Morgan fingerprint density at radius 2 is 1.79 bits per heavy atom. The first-order valence-corrected chi connectivity index (χ1v) is 18.2. The first-order chi connectivity index (χ1) is 22.4. The van der Waals surface area contributed by atoms with Gasteiger partial charge in [-0.2, -0.15) is 9.41 Å². The quantitative estimate of drug-likeness (QED) is 0.130. The Morgan fingerprint density at radius 3 is 2.45 bits per heavy atom. The number of rotatable bonds is 13. The molecule has 3 N–H and O–H groups in total. The second-order valence-electron chi connectivity index (χ2n) is 13.1. The van der Waals surface area contributed by atoms with Gasteiger partial charge in [0.2, 0.25) is 27.7 Å². The number of nitrogens with one attached hydrogen (secondary N) is 1. The Balaban J connectivity index is 1.20. The lowest BCUT2D eigenvalue weighted by atomic mass is 9.79. The molecule has 0 aliphatic carbocycles. The Hall–Kier alpha value is -3.56. The maximum atomic E-state index is 14.0. The third-order valence-electron chi connectivity index (χ3n) is 9.88. The van der Waals surface area contributed by atoms with Crippen LogP contribution in [-0.2, 0) is 45.1 Å². The Labute approximate surface area is 276 Å². The molecular formula is C32H46N6O8S. The number of sulfonamides is 1. The summed E-state index contributed by atoms with van der Waals surface area (Å²) in [5.74, 6) is -2.32. The molecule has 2 bridgehead atoms. The van der Waals surface area contributed by atoms with E-state index < -0.39 is 45.8 Å². The van der Waals surface area contributed by atoms with Crippen molar-refractivity contribution in [1.29, 1.82) is 0 Å². The number of hydrazone groups is 1. The molecule has 1 aromatic rings. The van der Waals surface area contributed by atoms with Crippen molar-refractivity contribution in [2.45, 2.75) is 76.2 Å². The van der Waals surface area contributed by atoms with E-state index in [0.29, 0.717) is 45.3 Å². The lowest BCUT2D eigenvalue weighted by Gasteiger charge is -2.37. The van der Waals surface area contributed by atoms with Crippen LogP contribution in [0.4, 0.5) is 0 Å². The number of piperidine rings is 1. The zero-order valence-corrected chi connectivity index (χ0v) is 27.8. The van der Waals surface area contributed by atoms with Crippen LogP contribution in [0, 0.1) is 17.8 Å². The second kappa shape index (κ2) is 15.1. The molecule has 4 heterocycles. The van der Waals surface area contributed by atoms with E-state index in [0.717, 1.165) is 24.7 Å². The number of hydrogen-bond acceptors (Lipinski definition) is 9. The van der Waals surface area contributed by atoms with Crippen LogP contribution in [0.1, 0.15) is 51.0 Å². The number of fused-ring (bicyclic) bond motifs is 2. The van der Waals surface area contributed by atoms with Gasteiger partial charge in [0.25, 0.3) is 0 Å². The lowest BCUT2D eigenvalue weighted by molar-refractivity contribution is -0.144. The van der Waals surface area contributed by atoms with Crippen LogP contribution in [0.5, 0.6) is 0 Å². The molecule has 47 heavy (non-hydrogen) atoms. The van der Waals surface area contributed by atoms with Crippen LogP contribution in [0.25, 0.3) is 0 Å². The molecule has 3 amide bonds. The first-order valence-electron chi connectivity index (χ1n) is 16.4. The smallest absolute Gasteiger partial charge is 0.302 e. The number of benzene rings is 1. The zero-order chi connectivity index (χ0) is 33.7. The van der Waals surface area contributed by atoms with Crippen LogP contribution in [0.3, 0.4) is 0 Å². The molecule has 4 fully saturated rings. The summed E-state index contributed by atoms with van der Waals surface area (Å²) >= 11 is 0. The number of nitrogens with two attached hydrogens (primary N) is 1. The van der Waals surface area contributed by atoms with Crippen molar-refractivity contribution in [1.82, 2.24) is 19.5 Å². The standard InChI is InChI=1S/C32H46N6O8S/c1-21(39)45-19-24-27-10-11-28(46-27)29(24)31(41)35-34-20-36-15-12-23(13-16-36)18-38(47(2,43)44)26(17-22-7-4-3-5-8-22)32(42)37-14-6-9-25(37)30(33)40/h3-5,7-8,20,23-29H,6,9-19H2,1-2H3,(H2,33,40)(H,35,41)/t24?,25-,26+,27?,28?,29?/m0/s1. The minimum Gasteiger partial charge on any atom is -0.465 e. The normalized spacial score (nSPS) is 27.0. The molecule has 0 radical (unpaired) electrons. The summed E-state index contributed by atoms with van der Waals surface area (Å²) in [4.78, 5) is 53.8. The van der Waals surface area contributed by atoms with Crippen molar-refractivity contribution in [3.05, 3.63) is 35.9 Å². The van der Waals surface area contributed by atoms with Crippen LogP contribution >= 0.6 is 0 Å². The van der Waals surface area contributed by atoms with Crippen LogP contribution < -0.4 is 11.2 Å². The zero-order valence-electron chi connectivity index (χ0n) is 27.0. The van der Waals surface area contributed by atoms with Crippen LogP contribution in [-0.4, -0.2) is 116 Å². The highest BCUT2D eigenvalue weighted by molar-refractivity contribution is 7.88. The molecule has 6 atom stereocenters. The van der Waals surface area contributed by atoms with E-state index in [1.165, 1.54) is 16.1 Å². The molecule has 14 nitrogen and oxygen atoms in total. The van der Waals surface area contributed by atoms with Gasteiger partial charge in [-0.25, -0.2) is 13.8 Å². The van der Waals surface area contributed by atoms with E-state index in [1.807, 2.05) is 35.2 Å². The van der Waals surface area contributed by atoms with E-state index >= 15 is 0 Å². The van der Waals surface area contributed by atoms with Gasteiger partial charge in [-0.15, -0.1) is 0 Å². The second-order valence-corrected chi connectivity index (χ2v) is 15.0. The van der Waals surface area contributed by atoms with Gasteiger partial charge in [0.05, 0.1) is 31.0 Å². The van der Waals surface area contributed by atoms with Crippen molar-refractivity contribution in [3.8, 4) is 0 Å². The number of hydrogen-bond donors (Lipinski definition) is 2. The van der Waals surface area contributed by atoms with Crippen LogP contribution in [0.2, 0.25) is 0 Å². The third kappa shape index (κ3) is 8.49. The largest absolute Gasteiger partial charge is 0.465 e. The number of amides is 3. The summed E-state index contributed by atoms with van der Waals surface area (Å²) in [6, 6.07) is 7.50. The molecule has 0 spiro atoms. The molecule has 5 rings (SSSR count). The predicted molar refractivity (Wildman–Crippen MR) is 172 cm³/mol. The molecule has 1 aromatic carbocycles. The average molecular weight is 675 g/mol. The SMILES string of the molecule is CC(=O)OCC1C2CCC(O2)C1C(=O)NN=CN1CCC(CN([C@H](Cc2ccccc2)C(=O)N2CCC[C@H]2C(N)=O)S(C)(=O)=O)CC1. The van der Waals surface area contributed by atoms with Crippen molar-refractivity contribution in [3.63, 3.8) is 0 Å². The fourth-order valence-electron chi connectivity index (χ4n) is 7.48. The summed E-state index contributed by atoms with van der Waals surface area (Å²) in [5, 5.41) is 4.19. The van der Waals surface area contributed by atoms with Crippen molar-refractivity contribution >= 4 is 40.1 Å². The van der Waals surface area contributed by atoms with Gasteiger partial charge < -0.3 is 25.0 Å². The first kappa shape index (κ1) is 34.8. The Bertz CT molecular complexity index is 1430. The maximum absolute atomic E-state index is 14.0. The fourth-order valence-corrected chi connectivity index (χ4v) is 8.59. The summed E-state index contributed by atoms with van der Waals surface area (Å²) in [5.41, 5.74) is 9.05.